The molecule has 1 aromatic rings. The SMILES string of the molecule is BC[C@H](O)c1ccc(OCCCC)c(NC=O)c1. The number of anilines is 1. The summed E-state index contributed by atoms with van der Waals surface area (Å²) in [4.78, 5) is 10.6. The van der Waals surface area contributed by atoms with E-state index >= 15 is 0 Å². The molecule has 0 saturated heterocycles. The molecule has 5 heteroatoms. The van der Waals surface area contributed by atoms with Crippen LogP contribution in [0, 0.1) is 0 Å². The van der Waals surface area contributed by atoms with Gasteiger partial charge in [0.05, 0.1) is 18.4 Å². The number of carbonyl (C=O) groups excluding carboxylic acids is 1. The number of aliphatic hydroxyl groups excluding tert-OH is 1. The van der Waals surface area contributed by atoms with Crippen LogP contribution in [0.15, 0.2) is 18.2 Å². The van der Waals surface area contributed by atoms with E-state index in [1.54, 1.807) is 12.1 Å². The van der Waals surface area contributed by atoms with Crippen molar-refractivity contribution in [3.63, 3.8) is 0 Å². The summed E-state index contributed by atoms with van der Waals surface area (Å²) in [5.74, 6) is 0.641. The van der Waals surface area contributed by atoms with Crippen molar-refractivity contribution in [2.75, 3.05) is 11.9 Å². The van der Waals surface area contributed by atoms with E-state index < -0.39 is 6.10 Å². The smallest absolute Gasteiger partial charge is 0.211 e. The molecule has 2 N–H and O–H groups in total. The summed E-state index contributed by atoms with van der Waals surface area (Å²) >= 11 is 0. The van der Waals surface area contributed by atoms with Crippen molar-refractivity contribution in [3.8, 4) is 5.75 Å². The van der Waals surface area contributed by atoms with Crippen molar-refractivity contribution in [1.82, 2.24) is 0 Å². The lowest BCUT2D eigenvalue weighted by Gasteiger charge is -2.14. The highest BCUT2D eigenvalue weighted by Gasteiger charge is 2.09. The Kier molecular flexibility index (Phi) is 6.29. The van der Waals surface area contributed by atoms with Gasteiger partial charge in [0.2, 0.25) is 6.41 Å². The molecule has 0 bridgehead atoms. The van der Waals surface area contributed by atoms with Crippen molar-refractivity contribution < 1.29 is 14.6 Å². The summed E-state index contributed by atoms with van der Waals surface area (Å²) in [7, 11) is 1.91. The second-order valence-electron chi connectivity index (χ2n) is 4.14. The maximum atomic E-state index is 10.6. The maximum absolute atomic E-state index is 10.6. The van der Waals surface area contributed by atoms with E-state index in [1.165, 1.54) is 0 Å². The highest BCUT2D eigenvalue weighted by atomic mass is 16.5. The summed E-state index contributed by atoms with van der Waals surface area (Å²) in [6.07, 6.45) is 2.77. The molecule has 18 heavy (non-hydrogen) atoms. The average molecular weight is 249 g/mol. The van der Waals surface area contributed by atoms with Gasteiger partial charge in [0.25, 0.3) is 0 Å². The number of unbranched alkanes of at least 4 members (excludes halogenated alkanes) is 1. The quantitative estimate of drug-likeness (QED) is 0.417. The van der Waals surface area contributed by atoms with Gasteiger partial charge in [-0.05, 0) is 24.1 Å². The molecule has 0 saturated carbocycles. The second kappa shape index (κ2) is 7.77. The van der Waals surface area contributed by atoms with E-state index in [2.05, 4.69) is 12.2 Å². The molecule has 1 atom stereocenters. The standard InChI is InChI=1S/C13H20BNO3/c1-2-3-6-18-13-5-4-10(12(17)8-14)7-11(13)15-9-16/h4-5,7,9,12,17H,2-3,6,8,14H2,1H3,(H,15,16)/t12-/m0/s1. The Balaban J connectivity index is 2.85. The van der Waals surface area contributed by atoms with Crippen molar-refractivity contribution in [2.24, 2.45) is 0 Å². The number of carbonyl (C=O) groups is 1. The lowest BCUT2D eigenvalue weighted by molar-refractivity contribution is -0.105. The lowest BCUT2D eigenvalue weighted by atomic mass is 9.94. The largest absolute Gasteiger partial charge is 0.491 e. The predicted molar refractivity (Wildman–Crippen MR) is 74.8 cm³/mol. The van der Waals surface area contributed by atoms with Crippen LogP contribution in [0.1, 0.15) is 31.4 Å². The van der Waals surface area contributed by atoms with Gasteiger partial charge in [0.15, 0.2) is 0 Å². The van der Waals surface area contributed by atoms with E-state index in [9.17, 15) is 9.90 Å². The van der Waals surface area contributed by atoms with Crippen LogP contribution in [0.5, 0.6) is 5.75 Å². The topological polar surface area (TPSA) is 58.6 Å². The van der Waals surface area contributed by atoms with Crippen LogP contribution in [-0.4, -0.2) is 26.0 Å². The van der Waals surface area contributed by atoms with E-state index in [4.69, 9.17) is 4.74 Å². The van der Waals surface area contributed by atoms with Gasteiger partial charge in [-0.3, -0.25) is 4.79 Å². The minimum atomic E-state index is -0.512. The summed E-state index contributed by atoms with van der Waals surface area (Å²) < 4.78 is 5.60. The van der Waals surface area contributed by atoms with Crippen molar-refractivity contribution in [1.29, 1.82) is 0 Å². The molecule has 0 spiro atoms. The fraction of sp³-hybridized carbons (Fsp3) is 0.462. The summed E-state index contributed by atoms with van der Waals surface area (Å²) in [5.41, 5.74) is 1.38. The molecule has 0 fully saturated rings. The molecule has 4 nitrogen and oxygen atoms in total. The molecule has 0 radical (unpaired) electrons. The number of ether oxygens (including phenoxy) is 1. The van der Waals surface area contributed by atoms with E-state index in [1.807, 2.05) is 13.9 Å². The highest BCUT2D eigenvalue weighted by molar-refractivity contribution is 6.08. The van der Waals surface area contributed by atoms with E-state index in [0.717, 1.165) is 18.4 Å². The Morgan fingerprint density at radius 2 is 2.33 bits per heavy atom. The molecule has 0 aliphatic heterocycles. The van der Waals surface area contributed by atoms with Gasteiger partial charge < -0.3 is 15.2 Å². The minimum Gasteiger partial charge on any atom is -0.491 e. The Morgan fingerprint density at radius 3 is 2.94 bits per heavy atom. The summed E-state index contributed by atoms with van der Waals surface area (Å²) in [5, 5.41) is 12.4. The van der Waals surface area contributed by atoms with Gasteiger partial charge in [0, 0.05) is 0 Å². The molecule has 0 heterocycles. The number of rotatable bonds is 8. The number of aliphatic hydroxyl groups is 1. The highest BCUT2D eigenvalue weighted by Crippen LogP contribution is 2.29. The van der Waals surface area contributed by atoms with Gasteiger partial charge >= 0.3 is 0 Å². The average Bonchev–Trinajstić information content (AvgIpc) is 2.40. The molecule has 1 aromatic carbocycles. The number of nitrogens with one attached hydrogen (secondary N) is 1. The van der Waals surface area contributed by atoms with Crippen LogP contribution in [-0.2, 0) is 4.79 Å². The Hall–Kier alpha value is -1.49. The fourth-order valence-corrected chi connectivity index (χ4v) is 1.62. The van der Waals surface area contributed by atoms with Crippen molar-refractivity contribution >= 4 is 19.9 Å². The molecule has 0 aliphatic rings. The van der Waals surface area contributed by atoms with Gasteiger partial charge in [-0.2, -0.15) is 0 Å². The van der Waals surface area contributed by atoms with E-state index in [-0.39, 0.29) is 0 Å². The monoisotopic (exact) mass is 249 g/mol. The van der Waals surface area contributed by atoms with Gasteiger partial charge in [0.1, 0.15) is 13.6 Å². The normalized spacial score (nSPS) is 11.9. The Labute approximate surface area is 109 Å². The molecule has 0 aromatic heterocycles. The van der Waals surface area contributed by atoms with Crippen LogP contribution in [0.4, 0.5) is 5.69 Å². The molecule has 1 amide bonds. The third-order valence-electron chi connectivity index (χ3n) is 2.74. The number of hydrogen-bond donors (Lipinski definition) is 2. The van der Waals surface area contributed by atoms with Crippen LogP contribution in [0.2, 0.25) is 6.32 Å². The molecular weight excluding hydrogens is 229 g/mol. The number of benzene rings is 1. The molecule has 0 unspecified atom stereocenters. The molecular formula is C13H20BNO3. The first-order chi connectivity index (χ1) is 8.72. The van der Waals surface area contributed by atoms with Crippen molar-refractivity contribution in [3.05, 3.63) is 23.8 Å². The fourth-order valence-electron chi connectivity index (χ4n) is 1.62. The lowest BCUT2D eigenvalue weighted by Crippen LogP contribution is -2.04. The van der Waals surface area contributed by atoms with Gasteiger partial charge in [-0.15, -0.1) is 0 Å². The zero-order valence-electron chi connectivity index (χ0n) is 11.0. The molecule has 0 aliphatic carbocycles. The van der Waals surface area contributed by atoms with Crippen LogP contribution < -0.4 is 10.1 Å². The van der Waals surface area contributed by atoms with Crippen LogP contribution in [0.3, 0.4) is 0 Å². The third kappa shape index (κ3) is 4.07. The van der Waals surface area contributed by atoms with Crippen LogP contribution >= 0.6 is 0 Å². The first kappa shape index (κ1) is 14.6. The second-order valence-corrected chi connectivity index (χ2v) is 4.14. The van der Waals surface area contributed by atoms with Gasteiger partial charge in [-0.1, -0.05) is 25.7 Å². The predicted octanol–water partition coefficient (Wildman–Crippen LogP) is 1.52. The van der Waals surface area contributed by atoms with Crippen molar-refractivity contribution in [2.45, 2.75) is 32.2 Å². The van der Waals surface area contributed by atoms with E-state index in [0.29, 0.717) is 30.8 Å². The number of amides is 1. The third-order valence-corrected chi connectivity index (χ3v) is 2.74. The first-order valence-corrected chi connectivity index (χ1v) is 6.37. The van der Waals surface area contributed by atoms with Crippen LogP contribution in [0.25, 0.3) is 0 Å². The minimum absolute atomic E-state index is 0.512. The summed E-state index contributed by atoms with van der Waals surface area (Å²) in [6.45, 7) is 2.72. The Morgan fingerprint density at radius 1 is 1.56 bits per heavy atom. The number of hydrogen-bond acceptors (Lipinski definition) is 3. The maximum Gasteiger partial charge on any atom is 0.211 e. The van der Waals surface area contributed by atoms with Gasteiger partial charge in [-0.25, -0.2) is 0 Å². The summed E-state index contributed by atoms with van der Waals surface area (Å²) in [6, 6.07) is 5.37. The molecule has 1 rings (SSSR count). The molecule has 98 valence electrons. The Bertz CT molecular complexity index is 384. The zero-order valence-corrected chi connectivity index (χ0v) is 11.0. The zero-order chi connectivity index (χ0) is 13.4. The first-order valence-electron chi connectivity index (χ1n) is 6.37.